The molecule has 0 aliphatic carbocycles. The van der Waals surface area contributed by atoms with Crippen LogP contribution in [-0.2, 0) is 0 Å². The molecule has 0 saturated carbocycles. The van der Waals surface area contributed by atoms with Gasteiger partial charge in [-0.25, -0.2) is 10.2 Å². The molecule has 7 nitrogen and oxygen atoms in total. The van der Waals surface area contributed by atoms with Gasteiger partial charge < -0.3 is 14.8 Å². The molecule has 0 aliphatic rings. The smallest absolute Gasteiger partial charge is 0.338 e. The lowest BCUT2D eigenvalue weighted by molar-refractivity contribution is 0.0942. The van der Waals surface area contributed by atoms with Gasteiger partial charge in [-0.05, 0) is 23.6 Å². The van der Waals surface area contributed by atoms with Gasteiger partial charge in [0, 0.05) is 6.07 Å². The van der Waals surface area contributed by atoms with E-state index < -0.39 is 6.03 Å². The molecule has 22 heavy (non-hydrogen) atoms. The summed E-state index contributed by atoms with van der Waals surface area (Å²) in [5.41, 5.74) is 5.00. The van der Waals surface area contributed by atoms with Gasteiger partial charge in [0.2, 0.25) is 0 Å². The topological polar surface area (TPSA) is 88.7 Å². The molecule has 0 fully saturated rings. The van der Waals surface area contributed by atoms with Crippen LogP contribution in [0.15, 0.2) is 35.7 Å². The first-order valence-electron chi connectivity index (χ1n) is 6.27. The quantitative estimate of drug-likeness (QED) is 0.754. The Hall–Kier alpha value is -2.74. The summed E-state index contributed by atoms with van der Waals surface area (Å²) in [6.45, 7) is 0. The molecule has 0 saturated heterocycles. The highest BCUT2D eigenvalue weighted by Gasteiger charge is 2.11. The van der Waals surface area contributed by atoms with E-state index in [1.54, 1.807) is 35.7 Å². The van der Waals surface area contributed by atoms with Crippen LogP contribution in [0.25, 0.3) is 0 Å². The van der Waals surface area contributed by atoms with E-state index in [1.807, 2.05) is 0 Å². The standard InChI is InChI=1S/C14H15N3O4S/c1-20-9-5-6-11(21-2)10(8-9)15-14(19)17-16-13(18)12-4-3-7-22-12/h3-8H,1-2H3,(H,16,18)(H2,15,17,19). The van der Waals surface area contributed by atoms with Crippen molar-refractivity contribution in [1.29, 1.82) is 0 Å². The molecule has 1 heterocycles. The van der Waals surface area contributed by atoms with Crippen molar-refractivity contribution in [3.05, 3.63) is 40.6 Å². The molecular weight excluding hydrogens is 306 g/mol. The first kappa shape index (κ1) is 15.6. The molecule has 2 aromatic rings. The molecule has 0 spiro atoms. The number of urea groups is 1. The summed E-state index contributed by atoms with van der Waals surface area (Å²) in [5, 5.41) is 4.34. The number of methoxy groups -OCH3 is 2. The molecule has 2 rings (SSSR count). The normalized spacial score (nSPS) is 9.73. The monoisotopic (exact) mass is 321 g/mol. The Kier molecular flexibility index (Phi) is 5.21. The number of anilines is 1. The van der Waals surface area contributed by atoms with E-state index in [2.05, 4.69) is 16.2 Å². The lowest BCUT2D eigenvalue weighted by Gasteiger charge is -2.12. The second kappa shape index (κ2) is 7.32. The van der Waals surface area contributed by atoms with E-state index >= 15 is 0 Å². The Balaban J connectivity index is 1.95. The first-order valence-corrected chi connectivity index (χ1v) is 7.15. The highest BCUT2D eigenvalue weighted by Crippen LogP contribution is 2.28. The molecule has 116 valence electrons. The second-order valence-electron chi connectivity index (χ2n) is 4.08. The van der Waals surface area contributed by atoms with Gasteiger partial charge in [-0.3, -0.25) is 10.2 Å². The number of carbonyl (C=O) groups is 2. The maximum Gasteiger partial charge on any atom is 0.338 e. The highest BCUT2D eigenvalue weighted by molar-refractivity contribution is 7.12. The Morgan fingerprint density at radius 1 is 1.09 bits per heavy atom. The summed E-state index contributed by atoms with van der Waals surface area (Å²) < 4.78 is 10.2. The van der Waals surface area contributed by atoms with E-state index in [0.717, 1.165) is 0 Å². The van der Waals surface area contributed by atoms with Crippen LogP contribution in [0.3, 0.4) is 0 Å². The van der Waals surface area contributed by atoms with Crippen LogP contribution < -0.4 is 25.6 Å². The first-order chi connectivity index (χ1) is 10.6. The van der Waals surface area contributed by atoms with Gasteiger partial charge in [0.05, 0.1) is 24.8 Å². The summed E-state index contributed by atoms with van der Waals surface area (Å²) in [6.07, 6.45) is 0. The summed E-state index contributed by atoms with van der Waals surface area (Å²) in [5.74, 6) is 0.655. The van der Waals surface area contributed by atoms with Gasteiger partial charge in [-0.1, -0.05) is 6.07 Å². The SMILES string of the molecule is COc1ccc(OC)c(NC(=O)NNC(=O)c2cccs2)c1. The van der Waals surface area contributed by atoms with Gasteiger partial charge >= 0.3 is 6.03 Å². The molecule has 3 amide bonds. The molecule has 3 N–H and O–H groups in total. The van der Waals surface area contributed by atoms with Crippen molar-refractivity contribution in [2.24, 2.45) is 0 Å². The number of hydrogen-bond acceptors (Lipinski definition) is 5. The lowest BCUT2D eigenvalue weighted by atomic mass is 10.2. The number of hydrazine groups is 1. The number of rotatable bonds is 4. The third-order valence-corrected chi connectivity index (χ3v) is 3.56. The van der Waals surface area contributed by atoms with Crippen molar-refractivity contribution in [3.63, 3.8) is 0 Å². The van der Waals surface area contributed by atoms with Crippen LogP contribution in [-0.4, -0.2) is 26.2 Å². The minimum absolute atomic E-state index is 0.386. The summed E-state index contributed by atoms with van der Waals surface area (Å²) in [7, 11) is 3.01. The predicted molar refractivity (Wildman–Crippen MR) is 83.5 cm³/mol. The van der Waals surface area contributed by atoms with E-state index in [9.17, 15) is 9.59 Å². The van der Waals surface area contributed by atoms with Crippen LogP contribution in [0.5, 0.6) is 11.5 Å². The Morgan fingerprint density at radius 2 is 1.91 bits per heavy atom. The van der Waals surface area contributed by atoms with Crippen molar-refractivity contribution >= 4 is 29.0 Å². The average molecular weight is 321 g/mol. The molecule has 0 aliphatic heterocycles. The van der Waals surface area contributed by atoms with Gasteiger partial charge in [0.1, 0.15) is 11.5 Å². The maximum absolute atomic E-state index is 11.8. The maximum atomic E-state index is 11.8. The molecule has 8 heteroatoms. The zero-order valence-corrected chi connectivity index (χ0v) is 12.8. The molecule has 0 unspecified atom stereocenters. The highest BCUT2D eigenvalue weighted by atomic mass is 32.1. The van der Waals surface area contributed by atoms with Crippen LogP contribution in [0.1, 0.15) is 9.67 Å². The van der Waals surface area contributed by atoms with Gasteiger partial charge in [0.15, 0.2) is 0 Å². The zero-order valence-electron chi connectivity index (χ0n) is 12.0. The summed E-state index contributed by atoms with van der Waals surface area (Å²) in [4.78, 5) is 24.0. The van der Waals surface area contributed by atoms with E-state index in [-0.39, 0.29) is 5.91 Å². The number of amides is 3. The van der Waals surface area contributed by atoms with Crippen molar-refractivity contribution < 1.29 is 19.1 Å². The number of carbonyl (C=O) groups excluding carboxylic acids is 2. The Bertz CT molecular complexity index is 658. The molecule has 0 atom stereocenters. The Labute approximate surface area is 131 Å². The minimum Gasteiger partial charge on any atom is -0.497 e. The van der Waals surface area contributed by atoms with Crippen LogP contribution >= 0.6 is 11.3 Å². The third-order valence-electron chi connectivity index (χ3n) is 2.69. The number of hydrogen-bond donors (Lipinski definition) is 3. The molecular formula is C14H15N3O4S. The summed E-state index contributed by atoms with van der Waals surface area (Å²) in [6, 6.07) is 7.79. The molecule has 0 bridgehead atoms. The van der Waals surface area contributed by atoms with Crippen molar-refractivity contribution in [2.45, 2.75) is 0 Å². The number of ether oxygens (including phenoxy) is 2. The third kappa shape index (κ3) is 3.89. The Morgan fingerprint density at radius 3 is 2.55 bits per heavy atom. The van der Waals surface area contributed by atoms with E-state index in [0.29, 0.717) is 22.1 Å². The predicted octanol–water partition coefficient (Wildman–Crippen LogP) is 2.23. The van der Waals surface area contributed by atoms with E-state index in [4.69, 9.17) is 9.47 Å². The summed E-state index contributed by atoms with van der Waals surface area (Å²) >= 11 is 1.28. The van der Waals surface area contributed by atoms with Gasteiger partial charge in [-0.2, -0.15) is 0 Å². The van der Waals surface area contributed by atoms with Gasteiger partial charge in [-0.15, -0.1) is 11.3 Å². The van der Waals surface area contributed by atoms with Crippen LogP contribution in [0, 0.1) is 0 Å². The minimum atomic E-state index is -0.601. The molecule has 1 aromatic carbocycles. The van der Waals surface area contributed by atoms with Crippen LogP contribution in [0.4, 0.5) is 10.5 Å². The fourth-order valence-corrected chi connectivity index (χ4v) is 2.27. The van der Waals surface area contributed by atoms with Crippen molar-refractivity contribution in [2.75, 3.05) is 19.5 Å². The van der Waals surface area contributed by atoms with Crippen LogP contribution in [0.2, 0.25) is 0 Å². The average Bonchev–Trinajstić information content (AvgIpc) is 3.07. The zero-order chi connectivity index (χ0) is 15.9. The molecule has 1 aromatic heterocycles. The van der Waals surface area contributed by atoms with Gasteiger partial charge in [0.25, 0.3) is 5.91 Å². The van der Waals surface area contributed by atoms with Crippen molar-refractivity contribution in [1.82, 2.24) is 10.9 Å². The fourth-order valence-electron chi connectivity index (χ4n) is 1.65. The lowest BCUT2D eigenvalue weighted by Crippen LogP contribution is -2.43. The molecule has 0 radical (unpaired) electrons. The second-order valence-corrected chi connectivity index (χ2v) is 5.02. The number of benzene rings is 1. The fraction of sp³-hybridized carbons (Fsp3) is 0.143. The van der Waals surface area contributed by atoms with Crippen molar-refractivity contribution in [3.8, 4) is 11.5 Å². The number of nitrogens with one attached hydrogen (secondary N) is 3. The van der Waals surface area contributed by atoms with E-state index in [1.165, 1.54) is 25.6 Å². The largest absolute Gasteiger partial charge is 0.497 e. The number of thiophene rings is 1.